The van der Waals surface area contributed by atoms with E-state index in [2.05, 4.69) is 5.32 Å². The molecule has 1 aliphatic carbocycles. The van der Waals surface area contributed by atoms with Crippen molar-refractivity contribution in [1.29, 1.82) is 0 Å². The van der Waals surface area contributed by atoms with E-state index in [1.807, 2.05) is 12.1 Å². The first kappa shape index (κ1) is 20.1. The second-order valence-electron chi connectivity index (χ2n) is 6.79. The highest BCUT2D eigenvalue weighted by Crippen LogP contribution is 2.23. The fourth-order valence-electron chi connectivity index (χ4n) is 3.18. The van der Waals surface area contributed by atoms with Crippen LogP contribution in [0, 0.1) is 0 Å². The average molecular weight is 400 g/mol. The predicted octanol–water partition coefficient (Wildman–Crippen LogP) is 3.76. The third kappa shape index (κ3) is 5.42. The van der Waals surface area contributed by atoms with Crippen LogP contribution in [-0.4, -0.2) is 30.8 Å². The lowest BCUT2D eigenvalue weighted by molar-refractivity contribution is -0.142. The minimum atomic E-state index is -0.449. The number of hydrogen-bond donors (Lipinski definition) is 1. The van der Waals surface area contributed by atoms with Crippen LogP contribution in [0.3, 0.4) is 0 Å². The van der Waals surface area contributed by atoms with Gasteiger partial charge in [-0.25, -0.2) is 0 Å². The van der Waals surface area contributed by atoms with Crippen molar-refractivity contribution >= 4 is 29.3 Å². The number of ether oxygens (including phenoxy) is 1. The van der Waals surface area contributed by atoms with E-state index in [4.69, 9.17) is 16.3 Å². The molecule has 2 aromatic rings. The summed E-state index contributed by atoms with van der Waals surface area (Å²) in [6.45, 7) is 0.0874. The zero-order chi connectivity index (χ0) is 19.9. The van der Waals surface area contributed by atoms with Gasteiger partial charge in [0.25, 0.3) is 5.91 Å². The fourth-order valence-corrected chi connectivity index (χ4v) is 3.31. The first-order valence-corrected chi connectivity index (χ1v) is 9.75. The number of Topliss-reactive ketones (excluding diaryl/α,β-unsaturated/α-hetero) is 1. The molecule has 0 aliphatic heterocycles. The zero-order valence-electron chi connectivity index (χ0n) is 15.5. The van der Waals surface area contributed by atoms with E-state index < -0.39 is 5.97 Å². The summed E-state index contributed by atoms with van der Waals surface area (Å²) in [7, 11) is 0. The molecule has 6 heteroatoms. The Hall–Kier alpha value is -2.66. The molecule has 0 bridgehead atoms. The van der Waals surface area contributed by atoms with E-state index in [0.29, 0.717) is 29.1 Å². The first-order valence-electron chi connectivity index (χ1n) is 9.37. The maximum Gasteiger partial charge on any atom is 0.306 e. The molecular weight excluding hydrogens is 378 g/mol. The number of fused-ring (bicyclic) bond motifs is 1. The maximum atomic E-state index is 12.2. The number of amides is 1. The minimum Gasteiger partial charge on any atom is -0.457 e. The molecule has 0 fully saturated rings. The lowest BCUT2D eigenvalue weighted by Crippen LogP contribution is -2.25. The Kier molecular flexibility index (Phi) is 6.82. The first-order chi connectivity index (χ1) is 13.5. The molecule has 0 heterocycles. The van der Waals surface area contributed by atoms with Crippen LogP contribution < -0.4 is 5.32 Å². The van der Waals surface area contributed by atoms with Gasteiger partial charge in [-0.05, 0) is 67.1 Å². The van der Waals surface area contributed by atoms with Gasteiger partial charge in [0.1, 0.15) is 0 Å². The Morgan fingerprint density at radius 2 is 1.68 bits per heavy atom. The van der Waals surface area contributed by atoms with Crippen molar-refractivity contribution in [1.82, 2.24) is 5.32 Å². The van der Waals surface area contributed by atoms with Crippen molar-refractivity contribution < 1.29 is 19.1 Å². The molecule has 0 atom stereocenters. The van der Waals surface area contributed by atoms with Crippen LogP contribution in [0.15, 0.2) is 42.5 Å². The quantitative estimate of drug-likeness (QED) is 0.416. The molecular formula is C22H22ClNO4. The summed E-state index contributed by atoms with van der Waals surface area (Å²) in [5.41, 5.74) is 3.61. The van der Waals surface area contributed by atoms with Crippen LogP contribution >= 0.6 is 11.6 Å². The number of halogens is 1. The molecule has 0 radical (unpaired) electrons. The highest BCUT2D eigenvalue weighted by Gasteiger charge is 2.15. The maximum absolute atomic E-state index is 12.2. The SMILES string of the molecule is O=C(CCCNC(=O)c1ccc(Cl)cc1)OCC(=O)c1ccc2c(c1)CCC2. The van der Waals surface area contributed by atoms with Crippen molar-refractivity contribution in [2.75, 3.05) is 13.2 Å². The van der Waals surface area contributed by atoms with Crippen molar-refractivity contribution in [2.45, 2.75) is 32.1 Å². The number of hydrogen-bond acceptors (Lipinski definition) is 4. The zero-order valence-corrected chi connectivity index (χ0v) is 16.3. The summed E-state index contributed by atoms with van der Waals surface area (Å²) >= 11 is 5.79. The second kappa shape index (κ2) is 9.51. The molecule has 3 rings (SSSR count). The number of rotatable bonds is 8. The van der Waals surface area contributed by atoms with Gasteiger partial charge in [0.15, 0.2) is 12.4 Å². The van der Waals surface area contributed by atoms with E-state index in [1.54, 1.807) is 30.3 Å². The van der Waals surface area contributed by atoms with Crippen molar-refractivity contribution in [3.8, 4) is 0 Å². The van der Waals surface area contributed by atoms with Crippen LogP contribution in [0.5, 0.6) is 0 Å². The van der Waals surface area contributed by atoms with Crippen LogP contribution in [0.25, 0.3) is 0 Å². The third-order valence-electron chi connectivity index (χ3n) is 4.73. The smallest absolute Gasteiger partial charge is 0.306 e. The van der Waals surface area contributed by atoms with Gasteiger partial charge < -0.3 is 10.1 Å². The number of benzene rings is 2. The van der Waals surface area contributed by atoms with Gasteiger partial charge in [0.2, 0.25) is 0 Å². The van der Waals surface area contributed by atoms with E-state index in [9.17, 15) is 14.4 Å². The summed E-state index contributed by atoms with van der Waals surface area (Å²) in [5, 5.41) is 3.30. The van der Waals surface area contributed by atoms with Crippen LogP contribution in [-0.2, 0) is 22.4 Å². The van der Waals surface area contributed by atoms with Crippen LogP contribution in [0.2, 0.25) is 5.02 Å². The van der Waals surface area contributed by atoms with Gasteiger partial charge in [-0.2, -0.15) is 0 Å². The van der Waals surface area contributed by atoms with Gasteiger partial charge in [-0.1, -0.05) is 23.7 Å². The molecule has 1 amide bonds. The lowest BCUT2D eigenvalue weighted by Gasteiger charge is -2.07. The number of ketones is 1. The third-order valence-corrected chi connectivity index (χ3v) is 4.99. The monoisotopic (exact) mass is 399 g/mol. The van der Waals surface area contributed by atoms with Gasteiger partial charge in [0.05, 0.1) is 0 Å². The average Bonchev–Trinajstić information content (AvgIpc) is 3.17. The molecule has 1 N–H and O–H groups in total. The Labute approximate surface area is 169 Å². The number of carbonyl (C=O) groups is 3. The van der Waals surface area contributed by atoms with Gasteiger partial charge in [0, 0.05) is 29.1 Å². The molecule has 1 aliphatic rings. The topological polar surface area (TPSA) is 72.5 Å². The van der Waals surface area contributed by atoms with E-state index >= 15 is 0 Å². The Balaban J connectivity index is 1.35. The van der Waals surface area contributed by atoms with Gasteiger partial charge in [-0.15, -0.1) is 0 Å². The van der Waals surface area contributed by atoms with Crippen molar-refractivity contribution in [3.63, 3.8) is 0 Å². The summed E-state index contributed by atoms with van der Waals surface area (Å²) in [6, 6.07) is 12.3. The predicted molar refractivity (Wildman–Crippen MR) is 107 cm³/mol. The molecule has 0 saturated heterocycles. The number of nitrogens with one attached hydrogen (secondary N) is 1. The standard InChI is InChI=1S/C22H22ClNO4/c23-19-10-8-16(9-11-19)22(27)24-12-2-5-21(26)28-14-20(25)18-7-6-15-3-1-4-17(15)13-18/h6-11,13H,1-5,12,14H2,(H,24,27). The molecule has 28 heavy (non-hydrogen) atoms. The summed E-state index contributed by atoms with van der Waals surface area (Å²) in [4.78, 5) is 36.0. The molecule has 0 unspecified atom stereocenters. The lowest BCUT2D eigenvalue weighted by atomic mass is 10.0. The fraction of sp³-hybridized carbons (Fsp3) is 0.318. The normalized spacial score (nSPS) is 12.3. The highest BCUT2D eigenvalue weighted by atomic mass is 35.5. The summed E-state index contributed by atoms with van der Waals surface area (Å²) in [5.74, 6) is -0.869. The van der Waals surface area contributed by atoms with E-state index in [-0.39, 0.29) is 24.7 Å². The summed E-state index contributed by atoms with van der Waals surface area (Å²) in [6.07, 6.45) is 3.76. The van der Waals surface area contributed by atoms with Crippen LogP contribution in [0.4, 0.5) is 0 Å². The van der Waals surface area contributed by atoms with Gasteiger partial charge in [-0.3, -0.25) is 14.4 Å². The minimum absolute atomic E-state index is 0.137. The summed E-state index contributed by atoms with van der Waals surface area (Å²) < 4.78 is 5.07. The molecule has 2 aromatic carbocycles. The number of aryl methyl sites for hydroxylation is 2. The second-order valence-corrected chi connectivity index (χ2v) is 7.22. The Morgan fingerprint density at radius 3 is 2.46 bits per heavy atom. The Morgan fingerprint density at radius 1 is 0.964 bits per heavy atom. The molecule has 146 valence electrons. The van der Waals surface area contributed by atoms with E-state index in [1.165, 1.54) is 11.1 Å². The molecule has 0 aromatic heterocycles. The Bertz CT molecular complexity index is 877. The molecule has 0 saturated carbocycles. The van der Waals surface area contributed by atoms with Crippen LogP contribution in [0.1, 0.15) is 51.1 Å². The molecule has 0 spiro atoms. The number of carbonyl (C=O) groups excluding carboxylic acids is 3. The van der Waals surface area contributed by atoms with Gasteiger partial charge >= 0.3 is 5.97 Å². The van der Waals surface area contributed by atoms with E-state index in [0.717, 1.165) is 19.3 Å². The van der Waals surface area contributed by atoms with Crippen molar-refractivity contribution in [2.24, 2.45) is 0 Å². The largest absolute Gasteiger partial charge is 0.457 e. The number of esters is 1. The molecule has 5 nitrogen and oxygen atoms in total. The highest BCUT2D eigenvalue weighted by molar-refractivity contribution is 6.30. The van der Waals surface area contributed by atoms with Crippen molar-refractivity contribution in [3.05, 3.63) is 69.7 Å².